The third kappa shape index (κ3) is 5.96. The van der Waals surface area contributed by atoms with E-state index in [1.54, 1.807) is 0 Å². The average Bonchev–Trinajstić information content (AvgIpc) is 3.75. The summed E-state index contributed by atoms with van der Waals surface area (Å²) in [6, 6.07) is 15.8. The smallest absolute Gasteiger partial charge is 0.281 e. The van der Waals surface area contributed by atoms with Crippen molar-refractivity contribution in [3.63, 3.8) is 0 Å². The molecule has 0 bridgehead atoms. The van der Waals surface area contributed by atoms with Crippen LogP contribution in [0.4, 0.5) is 26.1 Å². The first-order valence-electron chi connectivity index (χ1n) is 20.3. The lowest BCUT2D eigenvalue weighted by Gasteiger charge is -2.42. The molecule has 5 aliphatic rings. The minimum absolute atomic E-state index is 0.0398. The van der Waals surface area contributed by atoms with Gasteiger partial charge in [-0.05, 0) is 129 Å². The Balaban J connectivity index is 0.804. The lowest BCUT2D eigenvalue weighted by Crippen LogP contribution is -2.47. The number of rotatable bonds is 5. The number of aromatic nitrogens is 4. The molecule has 58 heavy (non-hydrogen) atoms. The van der Waals surface area contributed by atoms with Crippen LogP contribution in [-0.2, 0) is 21.4 Å². The van der Waals surface area contributed by atoms with Crippen LogP contribution in [0.1, 0.15) is 92.3 Å². The molecule has 0 spiro atoms. The van der Waals surface area contributed by atoms with E-state index in [0.29, 0.717) is 41.8 Å². The summed E-state index contributed by atoms with van der Waals surface area (Å²) in [5, 5.41) is 2.80. The fraction of sp³-hybridized carbons (Fsp3) is 0.409. The highest BCUT2D eigenvalue weighted by molar-refractivity contribution is 9.10. The predicted octanol–water partition coefficient (Wildman–Crippen LogP) is 6.92. The number of carbonyl (C=O) groups is 2. The Morgan fingerprint density at radius 1 is 0.845 bits per heavy atom. The van der Waals surface area contributed by atoms with Gasteiger partial charge in [-0.2, -0.15) is 4.98 Å². The normalized spacial score (nSPS) is 21.0. The highest BCUT2D eigenvalue weighted by Gasteiger charge is 2.40. The van der Waals surface area contributed by atoms with Crippen molar-refractivity contribution in [1.29, 1.82) is 0 Å². The van der Waals surface area contributed by atoms with Crippen LogP contribution in [0, 0.1) is 11.6 Å². The summed E-state index contributed by atoms with van der Waals surface area (Å²) in [6.07, 6.45) is 6.48. The summed E-state index contributed by atoms with van der Waals surface area (Å²) < 4.78 is 33.9. The van der Waals surface area contributed by atoms with Crippen molar-refractivity contribution < 1.29 is 18.4 Å². The van der Waals surface area contributed by atoms with E-state index >= 15 is 8.78 Å². The maximum Gasteiger partial charge on any atom is 0.281 e. The zero-order valence-corrected chi connectivity index (χ0v) is 34.0. The Bertz CT molecular complexity index is 2580. The third-order valence-electron chi connectivity index (χ3n) is 13.3. The summed E-state index contributed by atoms with van der Waals surface area (Å²) in [5.41, 5.74) is 4.92. The third-order valence-corrected chi connectivity index (χ3v) is 14.0. The van der Waals surface area contributed by atoms with E-state index in [-0.39, 0.29) is 29.4 Å². The summed E-state index contributed by atoms with van der Waals surface area (Å²) >= 11 is 3.59. The Morgan fingerprint density at radius 2 is 1.59 bits per heavy atom. The van der Waals surface area contributed by atoms with E-state index in [2.05, 4.69) is 77.6 Å². The largest absolute Gasteiger partial charge is 0.356 e. The molecule has 3 fully saturated rings. The maximum absolute atomic E-state index is 15.5. The van der Waals surface area contributed by atoms with Crippen LogP contribution in [-0.4, -0.2) is 75.0 Å². The number of amides is 2. The Labute approximate surface area is 342 Å². The molecule has 2 aromatic heterocycles. The van der Waals surface area contributed by atoms with E-state index in [0.717, 1.165) is 84.7 Å². The van der Waals surface area contributed by atoms with Crippen LogP contribution in [0.2, 0.25) is 0 Å². The summed E-state index contributed by atoms with van der Waals surface area (Å²) in [7, 11) is 0. The molecule has 14 heteroatoms. The van der Waals surface area contributed by atoms with Gasteiger partial charge in [0.05, 0.1) is 27.9 Å². The van der Waals surface area contributed by atoms with Gasteiger partial charge in [-0.15, -0.1) is 0 Å². The Morgan fingerprint density at radius 3 is 2.33 bits per heavy atom. The van der Waals surface area contributed by atoms with E-state index in [1.807, 2.05) is 23.1 Å². The number of likely N-dealkylation sites (tertiary alicyclic amines) is 1. The van der Waals surface area contributed by atoms with Gasteiger partial charge in [-0.25, -0.2) is 18.7 Å². The number of piperidine rings is 3. The number of imide groups is 1. The number of hydrogen-bond donors (Lipinski definition) is 1. The van der Waals surface area contributed by atoms with Gasteiger partial charge >= 0.3 is 0 Å². The highest BCUT2D eigenvalue weighted by atomic mass is 79.9. The van der Waals surface area contributed by atoms with Crippen molar-refractivity contribution in [2.45, 2.75) is 82.1 Å². The van der Waals surface area contributed by atoms with Gasteiger partial charge in [-0.1, -0.05) is 18.2 Å². The van der Waals surface area contributed by atoms with Gasteiger partial charge < -0.3 is 14.7 Å². The van der Waals surface area contributed by atoms with Crippen molar-refractivity contribution in [2.75, 3.05) is 42.5 Å². The first-order chi connectivity index (χ1) is 28.0. The average molecular weight is 850 g/mol. The van der Waals surface area contributed by atoms with Crippen molar-refractivity contribution in [2.24, 2.45) is 0 Å². The standard InChI is InChI=1S/C44H43BrF2N8O3/c1-44(2)30-8-6-25(20-35(30)55-34-5-3-4-31(45)38(34)42(58)51-43(44)55)24-10-15-52(16-11-24)26-12-17-53(18-13-26)39-29-14-19-54(40(29)49-23-48-39)27-21-32(46)37(33(47)22-27)28-7-9-36(56)50-41(28)57/h3-6,8,20-24,26,28H,7,9-19H2,1-2H3,(H,50,56,57). The molecule has 5 aromatic rings. The summed E-state index contributed by atoms with van der Waals surface area (Å²) in [5.74, 6) is -1.01. The lowest BCUT2D eigenvalue weighted by atomic mass is 9.82. The quantitative estimate of drug-likeness (QED) is 0.188. The first kappa shape index (κ1) is 37.2. The zero-order chi connectivity index (χ0) is 40.0. The molecule has 298 valence electrons. The van der Waals surface area contributed by atoms with Gasteiger partial charge in [0.1, 0.15) is 35.4 Å². The highest BCUT2D eigenvalue weighted by Crippen LogP contribution is 2.45. The van der Waals surface area contributed by atoms with Crippen molar-refractivity contribution in [1.82, 2.24) is 29.7 Å². The number of carbonyl (C=O) groups excluding carboxylic acids is 2. The Hall–Kier alpha value is -5.08. The predicted molar refractivity (Wildman–Crippen MR) is 220 cm³/mol. The molecule has 1 unspecified atom stereocenters. The van der Waals surface area contributed by atoms with Crippen LogP contribution in [0.3, 0.4) is 0 Å². The van der Waals surface area contributed by atoms with Gasteiger partial charge in [0.25, 0.3) is 5.56 Å². The number of fused-ring (bicyclic) bond motifs is 6. The summed E-state index contributed by atoms with van der Waals surface area (Å²) in [6.45, 7) is 8.59. The molecule has 2 amide bonds. The molecule has 0 radical (unpaired) electrons. The minimum Gasteiger partial charge on any atom is -0.356 e. The molecule has 7 heterocycles. The van der Waals surface area contributed by atoms with Crippen molar-refractivity contribution >= 4 is 56.0 Å². The first-order valence-corrected chi connectivity index (χ1v) is 21.1. The lowest BCUT2D eigenvalue weighted by molar-refractivity contribution is -0.134. The van der Waals surface area contributed by atoms with Crippen LogP contribution in [0.5, 0.6) is 0 Å². The second-order valence-electron chi connectivity index (χ2n) is 16.9. The van der Waals surface area contributed by atoms with E-state index in [9.17, 15) is 14.4 Å². The van der Waals surface area contributed by atoms with Crippen LogP contribution >= 0.6 is 15.9 Å². The van der Waals surface area contributed by atoms with E-state index in [1.165, 1.54) is 29.6 Å². The molecule has 11 nitrogen and oxygen atoms in total. The molecule has 1 atom stereocenters. The van der Waals surface area contributed by atoms with E-state index < -0.39 is 29.4 Å². The van der Waals surface area contributed by atoms with Gasteiger partial charge in [0.15, 0.2) is 0 Å². The van der Waals surface area contributed by atoms with Crippen LogP contribution < -0.4 is 20.7 Å². The zero-order valence-electron chi connectivity index (χ0n) is 32.4. The SMILES string of the molecule is CC1(C)c2ccc(C3CCN(C4CCN(c5ncnc6c5CCN6c5cc(F)c(C6CCC(=O)NC6=O)c(F)c5)CC4)CC3)cc2-n2c1nc(=O)c1c(Br)cccc12. The van der Waals surface area contributed by atoms with Crippen LogP contribution in [0.15, 0.2) is 64.1 Å². The number of anilines is 3. The molecule has 0 saturated carbocycles. The molecular weight excluding hydrogens is 806 g/mol. The van der Waals surface area contributed by atoms with Crippen LogP contribution in [0.25, 0.3) is 16.6 Å². The van der Waals surface area contributed by atoms with Gasteiger partial charge in [0.2, 0.25) is 11.8 Å². The fourth-order valence-corrected chi connectivity index (χ4v) is 10.8. The minimum atomic E-state index is -1.05. The monoisotopic (exact) mass is 848 g/mol. The number of nitrogens with one attached hydrogen (secondary N) is 1. The topological polar surface area (TPSA) is 117 Å². The molecule has 5 aliphatic heterocycles. The molecule has 1 N–H and O–H groups in total. The molecule has 0 aliphatic carbocycles. The van der Waals surface area contributed by atoms with Gasteiger partial charge in [0, 0.05) is 53.4 Å². The van der Waals surface area contributed by atoms with Crippen molar-refractivity contribution in [3.05, 3.63) is 109 Å². The number of nitrogens with zero attached hydrogens (tertiary/aromatic N) is 7. The molecule has 3 saturated heterocycles. The molecule has 10 rings (SSSR count). The van der Waals surface area contributed by atoms with E-state index in [4.69, 9.17) is 4.98 Å². The van der Waals surface area contributed by atoms with Crippen molar-refractivity contribution in [3.8, 4) is 5.69 Å². The molecular formula is C44H43BrF2N8O3. The second kappa shape index (κ2) is 14.0. The maximum atomic E-state index is 15.5. The fourth-order valence-electron chi connectivity index (χ4n) is 10.3. The second-order valence-corrected chi connectivity index (χ2v) is 17.7. The number of halogens is 3. The number of hydrogen-bond acceptors (Lipinski definition) is 9. The number of benzene rings is 3. The van der Waals surface area contributed by atoms with Gasteiger partial charge in [-0.3, -0.25) is 24.3 Å². The summed E-state index contributed by atoms with van der Waals surface area (Å²) in [4.78, 5) is 57.8. The Kier molecular flexibility index (Phi) is 9.01. The molecule has 3 aromatic carbocycles.